The van der Waals surface area contributed by atoms with Gasteiger partial charge in [-0.15, -0.1) is 0 Å². The molecular formula is C27H20ClNO6. The quantitative estimate of drug-likeness (QED) is 0.269. The van der Waals surface area contributed by atoms with Crippen molar-refractivity contribution in [3.05, 3.63) is 88.3 Å². The summed E-state index contributed by atoms with van der Waals surface area (Å²) in [5.41, 5.74) is 2.70. The maximum absolute atomic E-state index is 13.2. The first-order chi connectivity index (χ1) is 16.9. The number of hydrogen-bond donors (Lipinski definition) is 1. The van der Waals surface area contributed by atoms with Gasteiger partial charge < -0.3 is 23.6 Å². The maximum atomic E-state index is 13.2. The first-order valence-electron chi connectivity index (χ1n) is 10.7. The van der Waals surface area contributed by atoms with Gasteiger partial charge >= 0.3 is 0 Å². The normalized spacial score (nSPS) is 11.1. The number of aryl methyl sites for hydroxylation is 1. The van der Waals surface area contributed by atoms with E-state index in [1.54, 1.807) is 67.6 Å². The number of carbonyl (C=O) groups excluding carboxylic acids is 2. The monoisotopic (exact) mass is 489 g/mol. The van der Waals surface area contributed by atoms with Gasteiger partial charge in [-0.05, 0) is 67.6 Å². The Morgan fingerprint density at radius 3 is 2.40 bits per heavy atom. The SMILES string of the molecule is COc1ccc(C(=O)c2oc3ccc(NC(=O)c4cc5cc(Cl)ccc5o4)cc3c2C)cc1OC. The van der Waals surface area contributed by atoms with Gasteiger partial charge in [0.25, 0.3) is 5.91 Å². The van der Waals surface area contributed by atoms with E-state index in [1.807, 2.05) is 0 Å². The Kier molecular flexibility index (Phi) is 5.70. The van der Waals surface area contributed by atoms with Crippen molar-refractivity contribution in [2.45, 2.75) is 6.92 Å². The third-order valence-corrected chi connectivity index (χ3v) is 5.98. The van der Waals surface area contributed by atoms with E-state index in [4.69, 9.17) is 29.9 Å². The van der Waals surface area contributed by atoms with E-state index >= 15 is 0 Å². The average Bonchev–Trinajstić information content (AvgIpc) is 3.44. The number of carbonyl (C=O) groups is 2. The highest BCUT2D eigenvalue weighted by Gasteiger charge is 2.21. The first-order valence-corrected chi connectivity index (χ1v) is 11.1. The number of ketones is 1. The molecule has 176 valence electrons. The lowest BCUT2D eigenvalue weighted by molar-refractivity contribution is 0.0995. The molecule has 0 aliphatic carbocycles. The van der Waals surface area contributed by atoms with Gasteiger partial charge in [-0.25, -0.2) is 0 Å². The zero-order chi connectivity index (χ0) is 24.7. The summed E-state index contributed by atoms with van der Waals surface area (Å²) in [5, 5.41) is 4.84. The largest absolute Gasteiger partial charge is 0.493 e. The number of nitrogens with one attached hydrogen (secondary N) is 1. The number of rotatable bonds is 6. The van der Waals surface area contributed by atoms with Crippen molar-refractivity contribution in [3.63, 3.8) is 0 Å². The fourth-order valence-corrected chi connectivity index (χ4v) is 4.12. The van der Waals surface area contributed by atoms with Gasteiger partial charge in [0.05, 0.1) is 14.2 Å². The molecule has 0 fully saturated rings. The fourth-order valence-electron chi connectivity index (χ4n) is 3.94. The first kappa shape index (κ1) is 22.6. The number of halogens is 1. The summed E-state index contributed by atoms with van der Waals surface area (Å²) in [6.45, 7) is 1.80. The Balaban J connectivity index is 1.43. The van der Waals surface area contributed by atoms with Gasteiger partial charge in [0.2, 0.25) is 5.78 Å². The number of ether oxygens (including phenoxy) is 2. The topological polar surface area (TPSA) is 90.9 Å². The molecule has 0 bridgehead atoms. The van der Waals surface area contributed by atoms with E-state index in [0.29, 0.717) is 49.9 Å². The highest BCUT2D eigenvalue weighted by molar-refractivity contribution is 6.31. The molecule has 1 N–H and O–H groups in total. The number of methoxy groups -OCH3 is 2. The third-order valence-electron chi connectivity index (χ3n) is 5.75. The fraction of sp³-hybridized carbons (Fsp3) is 0.111. The van der Waals surface area contributed by atoms with Gasteiger partial charge in [0, 0.05) is 32.6 Å². The zero-order valence-corrected chi connectivity index (χ0v) is 19.9. The summed E-state index contributed by atoms with van der Waals surface area (Å²) in [7, 11) is 3.04. The van der Waals surface area contributed by atoms with Crippen LogP contribution in [0.1, 0.15) is 32.2 Å². The summed E-state index contributed by atoms with van der Waals surface area (Å²) in [6, 6.07) is 16.9. The highest BCUT2D eigenvalue weighted by atomic mass is 35.5. The lowest BCUT2D eigenvalue weighted by Crippen LogP contribution is -2.10. The van der Waals surface area contributed by atoms with Crippen molar-refractivity contribution in [1.82, 2.24) is 0 Å². The van der Waals surface area contributed by atoms with Gasteiger partial charge in [-0.2, -0.15) is 0 Å². The second kappa shape index (κ2) is 8.85. The molecule has 5 aromatic rings. The van der Waals surface area contributed by atoms with Crippen LogP contribution >= 0.6 is 11.6 Å². The molecule has 3 aromatic carbocycles. The zero-order valence-electron chi connectivity index (χ0n) is 19.1. The average molecular weight is 490 g/mol. The molecule has 0 radical (unpaired) electrons. The highest BCUT2D eigenvalue weighted by Crippen LogP contribution is 2.33. The molecule has 0 aliphatic rings. The van der Waals surface area contributed by atoms with Crippen LogP contribution in [-0.4, -0.2) is 25.9 Å². The van der Waals surface area contributed by atoms with Crippen LogP contribution in [0.5, 0.6) is 11.5 Å². The minimum atomic E-state index is -0.403. The Bertz CT molecular complexity index is 1610. The van der Waals surface area contributed by atoms with Crippen LogP contribution in [-0.2, 0) is 0 Å². The number of benzene rings is 3. The lowest BCUT2D eigenvalue weighted by Gasteiger charge is -2.08. The van der Waals surface area contributed by atoms with Crippen LogP contribution in [0, 0.1) is 6.92 Å². The number of anilines is 1. The summed E-state index contributed by atoms with van der Waals surface area (Å²) in [5.74, 6) is 0.661. The van der Waals surface area contributed by atoms with E-state index < -0.39 is 5.91 Å². The van der Waals surface area contributed by atoms with Crippen molar-refractivity contribution in [3.8, 4) is 11.5 Å². The van der Waals surface area contributed by atoms with E-state index in [0.717, 1.165) is 5.39 Å². The predicted molar refractivity (Wildman–Crippen MR) is 133 cm³/mol. The molecule has 5 rings (SSSR count). The Hall–Kier alpha value is -4.23. The van der Waals surface area contributed by atoms with Crippen molar-refractivity contribution in [2.75, 3.05) is 19.5 Å². The van der Waals surface area contributed by atoms with Crippen molar-refractivity contribution >= 4 is 50.9 Å². The molecule has 0 spiro atoms. The number of furan rings is 2. The second-order valence-corrected chi connectivity index (χ2v) is 8.35. The van der Waals surface area contributed by atoms with E-state index in [-0.39, 0.29) is 17.3 Å². The molecule has 1 amide bonds. The van der Waals surface area contributed by atoms with Crippen LogP contribution in [0.2, 0.25) is 5.02 Å². The predicted octanol–water partition coefficient (Wildman–Crippen LogP) is 6.64. The van der Waals surface area contributed by atoms with E-state index in [2.05, 4.69) is 5.32 Å². The molecule has 0 unspecified atom stereocenters. The summed E-state index contributed by atoms with van der Waals surface area (Å²) >= 11 is 6.01. The van der Waals surface area contributed by atoms with Crippen LogP contribution in [0.25, 0.3) is 21.9 Å². The summed E-state index contributed by atoms with van der Waals surface area (Å²) < 4.78 is 22.1. The minimum absolute atomic E-state index is 0.163. The summed E-state index contributed by atoms with van der Waals surface area (Å²) in [4.78, 5) is 25.9. The minimum Gasteiger partial charge on any atom is -0.493 e. The van der Waals surface area contributed by atoms with E-state index in [1.165, 1.54) is 14.2 Å². The number of fused-ring (bicyclic) bond motifs is 2. The van der Waals surface area contributed by atoms with Crippen LogP contribution in [0.4, 0.5) is 5.69 Å². The molecule has 0 atom stereocenters. The smallest absolute Gasteiger partial charge is 0.291 e. The van der Waals surface area contributed by atoms with Crippen molar-refractivity contribution in [2.24, 2.45) is 0 Å². The molecular weight excluding hydrogens is 470 g/mol. The van der Waals surface area contributed by atoms with Gasteiger partial charge in [0.1, 0.15) is 11.2 Å². The third kappa shape index (κ3) is 4.11. The molecule has 2 aromatic heterocycles. The Morgan fingerprint density at radius 2 is 1.63 bits per heavy atom. The van der Waals surface area contributed by atoms with Crippen LogP contribution < -0.4 is 14.8 Å². The lowest BCUT2D eigenvalue weighted by atomic mass is 10.0. The molecule has 7 nitrogen and oxygen atoms in total. The molecule has 0 saturated heterocycles. The number of amides is 1. The Labute approximate surface area is 205 Å². The van der Waals surface area contributed by atoms with Gasteiger partial charge in [-0.3, -0.25) is 9.59 Å². The number of hydrogen-bond acceptors (Lipinski definition) is 6. The molecule has 2 heterocycles. The maximum Gasteiger partial charge on any atom is 0.291 e. The second-order valence-electron chi connectivity index (χ2n) is 7.91. The van der Waals surface area contributed by atoms with Gasteiger partial charge in [0.15, 0.2) is 23.0 Å². The molecule has 35 heavy (non-hydrogen) atoms. The molecule has 0 aliphatic heterocycles. The molecule has 0 saturated carbocycles. The van der Waals surface area contributed by atoms with Gasteiger partial charge in [-0.1, -0.05) is 11.6 Å². The van der Waals surface area contributed by atoms with Crippen LogP contribution in [0.3, 0.4) is 0 Å². The van der Waals surface area contributed by atoms with E-state index in [9.17, 15) is 9.59 Å². The van der Waals surface area contributed by atoms with Crippen LogP contribution in [0.15, 0.2) is 69.5 Å². The molecule has 8 heteroatoms. The Morgan fingerprint density at radius 1 is 0.857 bits per heavy atom. The summed E-state index contributed by atoms with van der Waals surface area (Å²) in [6.07, 6.45) is 0. The van der Waals surface area contributed by atoms with Crippen molar-refractivity contribution in [1.29, 1.82) is 0 Å². The van der Waals surface area contributed by atoms with Crippen molar-refractivity contribution < 1.29 is 27.9 Å². The standard InChI is InChI=1S/C27H20ClNO6/c1-14-19-13-18(29-27(31)24-12-16-10-17(28)5-8-20(16)34-24)6-9-21(19)35-26(14)25(30)15-4-7-22(32-2)23(11-15)33-3/h4-13H,1-3H3,(H,29,31).